The lowest BCUT2D eigenvalue weighted by Gasteiger charge is -2.08. The van der Waals surface area contributed by atoms with Gasteiger partial charge in [0, 0.05) is 18.2 Å². The van der Waals surface area contributed by atoms with Crippen molar-refractivity contribution in [2.45, 2.75) is 11.3 Å². The van der Waals surface area contributed by atoms with Gasteiger partial charge in [0.15, 0.2) is 15.6 Å². The number of phenols is 1. The lowest BCUT2D eigenvalue weighted by Crippen LogP contribution is -2.12. The zero-order chi connectivity index (χ0) is 12.3. The Morgan fingerprint density at radius 2 is 2.06 bits per heavy atom. The normalized spacial score (nSPS) is 11.4. The maximum atomic E-state index is 11.6. The maximum Gasteiger partial charge on any atom is 0.179 e. The van der Waals surface area contributed by atoms with Crippen molar-refractivity contribution < 1.29 is 18.3 Å². The summed E-state index contributed by atoms with van der Waals surface area (Å²) < 4.78 is 22.9. The fourth-order valence-corrected chi connectivity index (χ4v) is 2.43. The Hall–Kier alpha value is -1.40. The Morgan fingerprint density at radius 3 is 2.56 bits per heavy atom. The highest BCUT2D eigenvalue weighted by Crippen LogP contribution is 2.27. The minimum Gasteiger partial charge on any atom is -0.507 e. The number of carbonyl (C=O) groups is 1. The summed E-state index contributed by atoms with van der Waals surface area (Å²) in [7, 11) is -3.64. The van der Waals surface area contributed by atoms with E-state index in [-0.39, 0.29) is 29.2 Å². The van der Waals surface area contributed by atoms with Crippen LogP contribution in [0.3, 0.4) is 0 Å². The van der Waals surface area contributed by atoms with E-state index in [9.17, 15) is 18.3 Å². The lowest BCUT2D eigenvalue weighted by molar-refractivity contribution is 0.0981. The number of benzene rings is 1. The van der Waals surface area contributed by atoms with E-state index in [0.717, 1.165) is 6.26 Å². The van der Waals surface area contributed by atoms with E-state index < -0.39 is 15.6 Å². The summed E-state index contributed by atoms with van der Waals surface area (Å²) >= 11 is 0. The number of phenolic OH excluding ortho intramolecular Hbond substituents is 1. The van der Waals surface area contributed by atoms with Crippen molar-refractivity contribution in [1.82, 2.24) is 0 Å². The van der Waals surface area contributed by atoms with Crippen molar-refractivity contribution >= 4 is 15.6 Å². The molecule has 0 fully saturated rings. The number of ketones is 1. The van der Waals surface area contributed by atoms with Gasteiger partial charge < -0.3 is 10.8 Å². The van der Waals surface area contributed by atoms with Gasteiger partial charge in [-0.15, -0.1) is 0 Å². The Kier molecular flexibility index (Phi) is 3.66. The molecule has 1 aromatic carbocycles. The van der Waals surface area contributed by atoms with E-state index in [4.69, 9.17) is 5.73 Å². The number of carbonyl (C=O) groups excluding carboxylic acids is 1. The van der Waals surface area contributed by atoms with Crippen LogP contribution in [0.4, 0.5) is 0 Å². The first-order valence-electron chi connectivity index (χ1n) is 4.63. The molecule has 0 aliphatic heterocycles. The molecule has 0 saturated heterocycles. The Morgan fingerprint density at radius 1 is 1.44 bits per heavy atom. The fourth-order valence-electron chi connectivity index (χ4n) is 1.40. The number of hydrogen-bond acceptors (Lipinski definition) is 5. The quantitative estimate of drug-likeness (QED) is 0.742. The summed E-state index contributed by atoms with van der Waals surface area (Å²) in [6.07, 6.45) is 0.993. The molecule has 88 valence electrons. The van der Waals surface area contributed by atoms with Crippen molar-refractivity contribution in [2.24, 2.45) is 5.73 Å². The topological polar surface area (TPSA) is 97.5 Å². The number of sulfone groups is 1. The van der Waals surface area contributed by atoms with Crippen LogP contribution >= 0.6 is 0 Å². The van der Waals surface area contributed by atoms with Gasteiger partial charge in [0.05, 0.1) is 0 Å². The number of nitrogens with two attached hydrogens (primary N) is 1. The first-order chi connectivity index (χ1) is 7.38. The summed E-state index contributed by atoms with van der Waals surface area (Å²) in [5, 5.41) is 9.48. The lowest BCUT2D eigenvalue weighted by atomic mass is 10.1. The van der Waals surface area contributed by atoms with Crippen LogP contribution in [-0.2, 0) is 9.84 Å². The van der Waals surface area contributed by atoms with Gasteiger partial charge in [-0.05, 0) is 18.7 Å². The van der Waals surface area contributed by atoms with E-state index in [0.29, 0.717) is 0 Å². The van der Waals surface area contributed by atoms with Crippen LogP contribution in [-0.4, -0.2) is 32.1 Å². The molecule has 1 aromatic rings. The van der Waals surface area contributed by atoms with Crippen LogP contribution in [0.25, 0.3) is 0 Å². The third kappa shape index (κ3) is 2.59. The maximum absolute atomic E-state index is 11.6. The highest BCUT2D eigenvalue weighted by molar-refractivity contribution is 7.90. The Balaban J connectivity index is 3.41. The summed E-state index contributed by atoms with van der Waals surface area (Å²) in [5.41, 5.74) is 5.22. The summed E-state index contributed by atoms with van der Waals surface area (Å²) in [6, 6.07) is 4.03. The monoisotopic (exact) mass is 243 g/mol. The van der Waals surface area contributed by atoms with E-state index >= 15 is 0 Å². The third-order valence-electron chi connectivity index (χ3n) is 2.04. The third-order valence-corrected chi connectivity index (χ3v) is 3.21. The zero-order valence-corrected chi connectivity index (χ0v) is 9.62. The molecule has 0 heterocycles. The minimum absolute atomic E-state index is 0.00653. The molecule has 1 rings (SSSR count). The standard InChI is InChI=1S/C10H13NO4S/c1-16(14,15)10-7(8(12)5-6-11)3-2-4-9(10)13/h2-4,13H,5-6,11H2,1H3. The molecule has 0 spiro atoms. The number of rotatable bonds is 4. The van der Waals surface area contributed by atoms with Gasteiger partial charge in [-0.3, -0.25) is 4.79 Å². The van der Waals surface area contributed by atoms with Crippen molar-refractivity contribution in [1.29, 1.82) is 0 Å². The van der Waals surface area contributed by atoms with Gasteiger partial charge >= 0.3 is 0 Å². The van der Waals surface area contributed by atoms with Crippen LogP contribution in [0, 0.1) is 0 Å². The molecule has 5 nitrogen and oxygen atoms in total. The van der Waals surface area contributed by atoms with E-state index in [2.05, 4.69) is 0 Å². The molecule has 3 N–H and O–H groups in total. The second-order valence-corrected chi connectivity index (χ2v) is 5.34. The zero-order valence-electron chi connectivity index (χ0n) is 8.80. The number of Topliss-reactive ketones (excluding diaryl/α,β-unsaturated/α-hetero) is 1. The van der Waals surface area contributed by atoms with E-state index in [1.807, 2.05) is 0 Å². The van der Waals surface area contributed by atoms with Crippen molar-refractivity contribution in [3.63, 3.8) is 0 Å². The van der Waals surface area contributed by atoms with Gasteiger partial charge in [0.2, 0.25) is 0 Å². The molecule has 0 amide bonds. The molecule has 0 saturated carbocycles. The summed E-state index contributed by atoms with van der Waals surface area (Å²) in [4.78, 5) is 11.3. The molecular formula is C10H13NO4S. The molecular weight excluding hydrogens is 230 g/mol. The molecule has 0 radical (unpaired) electrons. The van der Waals surface area contributed by atoms with Gasteiger partial charge in [-0.25, -0.2) is 8.42 Å². The molecule has 6 heteroatoms. The van der Waals surface area contributed by atoms with Crippen LogP contribution < -0.4 is 5.73 Å². The van der Waals surface area contributed by atoms with Gasteiger partial charge in [-0.2, -0.15) is 0 Å². The average molecular weight is 243 g/mol. The SMILES string of the molecule is CS(=O)(=O)c1c(O)cccc1C(=O)CCN. The van der Waals surface area contributed by atoms with Gasteiger partial charge in [-0.1, -0.05) is 6.07 Å². The highest BCUT2D eigenvalue weighted by atomic mass is 32.2. The smallest absolute Gasteiger partial charge is 0.179 e. The van der Waals surface area contributed by atoms with Crippen LogP contribution in [0.5, 0.6) is 5.75 Å². The van der Waals surface area contributed by atoms with Crippen LogP contribution in [0.2, 0.25) is 0 Å². The van der Waals surface area contributed by atoms with Crippen molar-refractivity contribution in [3.8, 4) is 5.75 Å². The molecule has 0 unspecified atom stereocenters. The van der Waals surface area contributed by atoms with Crippen molar-refractivity contribution in [3.05, 3.63) is 23.8 Å². The second kappa shape index (κ2) is 4.63. The predicted molar refractivity (Wildman–Crippen MR) is 59.2 cm³/mol. The molecule has 0 bridgehead atoms. The Bertz CT molecular complexity index is 508. The molecule has 0 aromatic heterocycles. The van der Waals surface area contributed by atoms with E-state index in [1.54, 1.807) is 0 Å². The highest BCUT2D eigenvalue weighted by Gasteiger charge is 2.21. The van der Waals surface area contributed by atoms with Gasteiger partial charge in [0.1, 0.15) is 10.6 Å². The van der Waals surface area contributed by atoms with Gasteiger partial charge in [0.25, 0.3) is 0 Å². The molecule has 0 aliphatic carbocycles. The van der Waals surface area contributed by atoms with Crippen molar-refractivity contribution in [2.75, 3.05) is 12.8 Å². The first kappa shape index (κ1) is 12.7. The summed E-state index contributed by atoms with van der Waals surface area (Å²) in [5.74, 6) is -0.802. The molecule has 0 atom stereocenters. The largest absolute Gasteiger partial charge is 0.507 e. The van der Waals surface area contributed by atoms with Crippen LogP contribution in [0.15, 0.2) is 23.1 Å². The van der Waals surface area contributed by atoms with Crippen LogP contribution in [0.1, 0.15) is 16.8 Å². The second-order valence-electron chi connectivity index (χ2n) is 3.39. The first-order valence-corrected chi connectivity index (χ1v) is 6.52. The fraction of sp³-hybridized carbons (Fsp3) is 0.300. The predicted octanol–water partition coefficient (Wildman–Crippen LogP) is 0.327. The number of aromatic hydroxyl groups is 1. The molecule has 16 heavy (non-hydrogen) atoms. The average Bonchev–Trinajstić information content (AvgIpc) is 2.15. The van der Waals surface area contributed by atoms with E-state index in [1.165, 1.54) is 18.2 Å². The minimum atomic E-state index is -3.64. The molecule has 0 aliphatic rings. The Labute approximate surface area is 93.8 Å². The number of hydrogen-bond donors (Lipinski definition) is 2. The summed E-state index contributed by atoms with van der Waals surface area (Å²) in [6.45, 7) is 0.137.